The van der Waals surface area contributed by atoms with Crippen molar-refractivity contribution in [1.29, 1.82) is 0 Å². The fraction of sp³-hybridized carbons (Fsp3) is 0.357. The second-order valence-electron chi connectivity index (χ2n) is 9.97. The lowest BCUT2D eigenvalue weighted by atomic mass is 9.72. The van der Waals surface area contributed by atoms with E-state index in [1.54, 1.807) is 35.6 Å². The summed E-state index contributed by atoms with van der Waals surface area (Å²) in [7, 11) is 0. The molecule has 0 saturated carbocycles. The molecule has 1 heterocycles. The fourth-order valence-corrected chi connectivity index (χ4v) is 5.93. The molecule has 1 aliphatic carbocycles. The average Bonchev–Trinajstić information content (AvgIpc) is 3.16. The number of thiophene rings is 1. The molecule has 4 nitrogen and oxygen atoms in total. The minimum Gasteiger partial charge on any atom is -0.352 e. The number of fused-ring (bicyclic) bond motifs is 1. The van der Waals surface area contributed by atoms with Gasteiger partial charge in [-0.25, -0.2) is 0 Å². The zero-order valence-electron chi connectivity index (χ0n) is 19.9. The Balaban J connectivity index is 1.57. The molecule has 3 aromatic rings. The molecule has 0 radical (unpaired) electrons. The predicted molar refractivity (Wildman–Crippen MR) is 141 cm³/mol. The number of anilines is 1. The van der Waals surface area contributed by atoms with Crippen LogP contribution in [0, 0.1) is 11.3 Å². The molecule has 34 heavy (non-hydrogen) atoms. The first-order chi connectivity index (χ1) is 16.2. The predicted octanol–water partition coefficient (Wildman–Crippen LogP) is 6.78. The van der Waals surface area contributed by atoms with Gasteiger partial charge < -0.3 is 10.6 Å². The third kappa shape index (κ3) is 5.70. The second-order valence-corrected chi connectivity index (χ2v) is 11.5. The first-order valence-corrected chi connectivity index (χ1v) is 13.0. The van der Waals surface area contributed by atoms with Crippen molar-refractivity contribution in [2.24, 2.45) is 11.3 Å². The number of amides is 2. The van der Waals surface area contributed by atoms with Gasteiger partial charge in [-0.3, -0.25) is 9.59 Å². The molecule has 1 aromatic heterocycles. The molecule has 0 spiro atoms. The SMILES string of the molecule is CC(C)(C)C1CCc2c(sc(NC(=O)c3ccc(Cl)cc3)c2C(=O)NCCc2ccccc2)C1. The van der Waals surface area contributed by atoms with Gasteiger partial charge in [0.25, 0.3) is 11.8 Å². The van der Waals surface area contributed by atoms with Crippen LogP contribution in [0.5, 0.6) is 0 Å². The number of rotatable bonds is 6. The first kappa shape index (κ1) is 24.5. The quantitative estimate of drug-likeness (QED) is 0.397. The van der Waals surface area contributed by atoms with Gasteiger partial charge in [-0.05, 0) is 72.4 Å². The summed E-state index contributed by atoms with van der Waals surface area (Å²) in [5.41, 5.74) is 3.61. The van der Waals surface area contributed by atoms with E-state index in [1.165, 1.54) is 10.4 Å². The van der Waals surface area contributed by atoms with Crippen molar-refractivity contribution in [2.75, 3.05) is 11.9 Å². The number of carbonyl (C=O) groups is 2. The molecular formula is C28H31ClN2O2S. The fourth-order valence-electron chi connectivity index (χ4n) is 4.48. The van der Waals surface area contributed by atoms with Crippen LogP contribution in [0.15, 0.2) is 54.6 Å². The molecule has 1 aliphatic rings. The van der Waals surface area contributed by atoms with Crippen molar-refractivity contribution in [2.45, 2.75) is 46.5 Å². The highest BCUT2D eigenvalue weighted by Gasteiger charge is 2.34. The molecule has 0 saturated heterocycles. The molecule has 0 aliphatic heterocycles. The van der Waals surface area contributed by atoms with E-state index in [1.807, 2.05) is 18.2 Å². The smallest absolute Gasteiger partial charge is 0.256 e. The number of hydrogen-bond acceptors (Lipinski definition) is 3. The van der Waals surface area contributed by atoms with Crippen molar-refractivity contribution < 1.29 is 9.59 Å². The largest absolute Gasteiger partial charge is 0.352 e. The zero-order chi connectivity index (χ0) is 24.3. The second kappa shape index (κ2) is 10.3. The van der Waals surface area contributed by atoms with Crippen molar-refractivity contribution in [3.63, 3.8) is 0 Å². The molecule has 4 rings (SSSR count). The highest BCUT2D eigenvalue weighted by molar-refractivity contribution is 7.17. The highest BCUT2D eigenvalue weighted by atomic mass is 35.5. The molecule has 2 amide bonds. The average molecular weight is 495 g/mol. The Morgan fingerprint density at radius 3 is 2.41 bits per heavy atom. The maximum Gasteiger partial charge on any atom is 0.256 e. The molecule has 2 N–H and O–H groups in total. The minimum atomic E-state index is -0.235. The Morgan fingerprint density at radius 1 is 1.03 bits per heavy atom. The summed E-state index contributed by atoms with van der Waals surface area (Å²) >= 11 is 7.52. The van der Waals surface area contributed by atoms with E-state index in [0.29, 0.717) is 33.6 Å². The number of hydrogen-bond donors (Lipinski definition) is 2. The van der Waals surface area contributed by atoms with E-state index in [9.17, 15) is 9.59 Å². The lowest BCUT2D eigenvalue weighted by Gasteiger charge is -2.33. The van der Waals surface area contributed by atoms with Crippen LogP contribution in [0.25, 0.3) is 0 Å². The van der Waals surface area contributed by atoms with Gasteiger partial charge in [-0.1, -0.05) is 62.7 Å². The van der Waals surface area contributed by atoms with Crippen molar-refractivity contribution in [3.8, 4) is 0 Å². The topological polar surface area (TPSA) is 58.2 Å². The van der Waals surface area contributed by atoms with Crippen LogP contribution in [-0.4, -0.2) is 18.4 Å². The molecule has 1 atom stereocenters. The molecule has 2 aromatic carbocycles. The van der Waals surface area contributed by atoms with E-state index in [4.69, 9.17) is 11.6 Å². The number of benzene rings is 2. The summed E-state index contributed by atoms with van der Waals surface area (Å²) in [5, 5.41) is 7.32. The van der Waals surface area contributed by atoms with Crippen LogP contribution < -0.4 is 10.6 Å². The Morgan fingerprint density at radius 2 is 1.74 bits per heavy atom. The summed E-state index contributed by atoms with van der Waals surface area (Å²) in [4.78, 5) is 27.5. The molecule has 0 bridgehead atoms. The van der Waals surface area contributed by atoms with Gasteiger partial charge in [0.2, 0.25) is 0 Å². The maximum atomic E-state index is 13.4. The summed E-state index contributed by atoms with van der Waals surface area (Å²) in [6, 6.07) is 16.9. The maximum absolute atomic E-state index is 13.4. The van der Waals surface area contributed by atoms with E-state index in [2.05, 4.69) is 43.5 Å². The zero-order valence-corrected chi connectivity index (χ0v) is 21.5. The third-order valence-corrected chi connectivity index (χ3v) is 8.01. The summed E-state index contributed by atoms with van der Waals surface area (Å²) in [6.07, 6.45) is 3.59. The van der Waals surface area contributed by atoms with Crippen LogP contribution >= 0.6 is 22.9 Å². The van der Waals surface area contributed by atoms with Gasteiger partial charge in [0.05, 0.1) is 5.56 Å². The molecule has 178 valence electrons. The first-order valence-electron chi connectivity index (χ1n) is 11.8. The van der Waals surface area contributed by atoms with E-state index < -0.39 is 0 Å². The van der Waals surface area contributed by atoms with Crippen LogP contribution in [0.4, 0.5) is 5.00 Å². The van der Waals surface area contributed by atoms with Crippen LogP contribution in [0.1, 0.15) is 63.9 Å². The van der Waals surface area contributed by atoms with Crippen LogP contribution in [0.2, 0.25) is 5.02 Å². The van der Waals surface area contributed by atoms with Gasteiger partial charge >= 0.3 is 0 Å². The molecule has 6 heteroatoms. The van der Waals surface area contributed by atoms with E-state index >= 15 is 0 Å². The van der Waals surface area contributed by atoms with E-state index in [0.717, 1.165) is 31.2 Å². The monoisotopic (exact) mass is 494 g/mol. The van der Waals surface area contributed by atoms with Crippen molar-refractivity contribution in [1.82, 2.24) is 5.32 Å². The third-order valence-electron chi connectivity index (χ3n) is 6.59. The lowest BCUT2D eigenvalue weighted by Crippen LogP contribution is -2.29. The molecule has 0 fully saturated rings. The van der Waals surface area contributed by atoms with Crippen molar-refractivity contribution in [3.05, 3.63) is 86.8 Å². The summed E-state index contributed by atoms with van der Waals surface area (Å²) in [5.74, 6) is 0.197. The Labute approximate surface area is 210 Å². The normalized spacial score (nSPS) is 15.5. The van der Waals surface area contributed by atoms with Gasteiger partial charge in [0.15, 0.2) is 0 Å². The number of carbonyl (C=O) groups excluding carboxylic acids is 2. The Bertz CT molecular complexity index is 1160. The summed E-state index contributed by atoms with van der Waals surface area (Å²) in [6.45, 7) is 7.37. The Kier molecular flexibility index (Phi) is 7.44. The van der Waals surface area contributed by atoms with Gasteiger partial charge in [0.1, 0.15) is 5.00 Å². The number of halogens is 1. The standard InChI is InChI=1S/C28H31ClN2O2S/c1-28(2,3)20-11-14-22-23(17-20)34-27(31-25(32)19-9-12-21(29)13-10-19)24(22)26(33)30-16-15-18-7-5-4-6-8-18/h4-10,12-13,20H,11,14-17H2,1-3H3,(H,30,33)(H,31,32). The van der Waals surface area contributed by atoms with Crippen molar-refractivity contribution >= 4 is 39.8 Å². The lowest BCUT2D eigenvalue weighted by molar-refractivity contribution is 0.0954. The number of nitrogens with one attached hydrogen (secondary N) is 2. The summed E-state index contributed by atoms with van der Waals surface area (Å²) < 4.78 is 0. The van der Waals surface area contributed by atoms with E-state index in [-0.39, 0.29) is 17.2 Å². The van der Waals surface area contributed by atoms with Gasteiger partial charge in [-0.15, -0.1) is 11.3 Å². The van der Waals surface area contributed by atoms with Gasteiger partial charge in [0, 0.05) is 22.0 Å². The minimum absolute atomic E-state index is 0.117. The van der Waals surface area contributed by atoms with Crippen LogP contribution in [0.3, 0.4) is 0 Å². The molecular weight excluding hydrogens is 464 g/mol. The molecule has 1 unspecified atom stereocenters. The van der Waals surface area contributed by atoms with Gasteiger partial charge in [-0.2, -0.15) is 0 Å². The Hall–Kier alpha value is -2.63. The highest BCUT2D eigenvalue weighted by Crippen LogP contribution is 2.44. The van der Waals surface area contributed by atoms with Crippen LogP contribution in [-0.2, 0) is 19.3 Å².